The lowest BCUT2D eigenvalue weighted by Gasteiger charge is -2.00. The Hall–Kier alpha value is -3.52. The van der Waals surface area contributed by atoms with E-state index in [1.807, 2.05) is 30.3 Å². The average molecular weight is 411 g/mol. The normalized spacial score (nSPS) is 10.8. The maximum atomic E-state index is 12.0. The Kier molecular flexibility index (Phi) is 5.62. The van der Waals surface area contributed by atoms with Crippen molar-refractivity contribution in [3.05, 3.63) is 71.4 Å². The molecule has 29 heavy (non-hydrogen) atoms. The molecule has 0 unspecified atom stereocenters. The van der Waals surface area contributed by atoms with Gasteiger partial charge in [-0.3, -0.25) is 4.79 Å². The molecular formula is C20H15ClN4O4. The van der Waals surface area contributed by atoms with Gasteiger partial charge in [0.2, 0.25) is 17.6 Å². The van der Waals surface area contributed by atoms with Crippen molar-refractivity contribution >= 4 is 17.6 Å². The third kappa shape index (κ3) is 4.85. The molecule has 0 radical (unpaired) electrons. The lowest BCUT2D eigenvalue weighted by Crippen LogP contribution is -2.06. The Morgan fingerprint density at radius 3 is 2.55 bits per heavy atom. The highest BCUT2D eigenvalue weighted by Gasteiger charge is 2.13. The first kappa shape index (κ1) is 18.8. The maximum absolute atomic E-state index is 12.0. The molecule has 4 rings (SSSR count). The minimum atomic E-state index is -0.435. The van der Waals surface area contributed by atoms with Crippen LogP contribution in [0.1, 0.15) is 18.2 Å². The van der Waals surface area contributed by atoms with Gasteiger partial charge < -0.3 is 13.7 Å². The summed E-state index contributed by atoms with van der Waals surface area (Å²) in [7, 11) is 0. The predicted octanol–water partition coefficient (Wildman–Crippen LogP) is 4.12. The number of ether oxygens (including phenoxy) is 1. The van der Waals surface area contributed by atoms with Gasteiger partial charge in [0.1, 0.15) is 0 Å². The van der Waals surface area contributed by atoms with Crippen molar-refractivity contribution < 1.29 is 18.5 Å². The van der Waals surface area contributed by atoms with Crippen LogP contribution in [-0.2, 0) is 22.6 Å². The Balaban J connectivity index is 1.27. The third-order valence-electron chi connectivity index (χ3n) is 3.96. The summed E-state index contributed by atoms with van der Waals surface area (Å²) in [6.07, 6.45) is 0.368. The molecule has 2 aromatic carbocycles. The van der Waals surface area contributed by atoms with Crippen LogP contribution in [0.15, 0.2) is 63.5 Å². The lowest BCUT2D eigenvalue weighted by molar-refractivity contribution is -0.145. The van der Waals surface area contributed by atoms with Crippen molar-refractivity contribution in [2.75, 3.05) is 0 Å². The summed E-state index contributed by atoms with van der Waals surface area (Å²) in [6.45, 7) is -0.113. The van der Waals surface area contributed by atoms with E-state index in [1.54, 1.807) is 24.3 Å². The van der Waals surface area contributed by atoms with Crippen LogP contribution in [0, 0.1) is 0 Å². The quantitative estimate of drug-likeness (QED) is 0.419. The molecule has 2 aromatic heterocycles. The van der Waals surface area contributed by atoms with Crippen molar-refractivity contribution in [2.45, 2.75) is 19.4 Å². The van der Waals surface area contributed by atoms with Gasteiger partial charge in [-0.25, -0.2) is 0 Å². The van der Waals surface area contributed by atoms with Crippen LogP contribution in [0.4, 0.5) is 0 Å². The van der Waals surface area contributed by atoms with Crippen molar-refractivity contribution in [2.24, 2.45) is 0 Å². The predicted molar refractivity (Wildman–Crippen MR) is 103 cm³/mol. The summed E-state index contributed by atoms with van der Waals surface area (Å²) in [6, 6.07) is 16.4. The van der Waals surface area contributed by atoms with E-state index >= 15 is 0 Å². The molecule has 2 heterocycles. The van der Waals surface area contributed by atoms with Crippen LogP contribution in [0.25, 0.3) is 22.8 Å². The molecule has 0 atom stereocenters. The molecule has 146 valence electrons. The smallest absolute Gasteiger partial charge is 0.306 e. The summed E-state index contributed by atoms with van der Waals surface area (Å²) < 4.78 is 15.8. The summed E-state index contributed by atoms with van der Waals surface area (Å²) in [5.74, 6) is 0.938. The number of nitrogens with zero attached hydrogens (tertiary/aromatic N) is 4. The van der Waals surface area contributed by atoms with Gasteiger partial charge in [-0.2, -0.15) is 4.98 Å². The second kappa shape index (κ2) is 8.66. The maximum Gasteiger partial charge on any atom is 0.306 e. The molecule has 0 aliphatic heterocycles. The van der Waals surface area contributed by atoms with E-state index in [2.05, 4.69) is 20.3 Å². The van der Waals surface area contributed by atoms with E-state index in [1.165, 1.54) is 0 Å². The van der Waals surface area contributed by atoms with Crippen molar-refractivity contribution in [3.8, 4) is 22.8 Å². The number of halogens is 1. The summed E-state index contributed by atoms with van der Waals surface area (Å²) in [5.41, 5.74) is 1.57. The first-order valence-corrected chi connectivity index (χ1v) is 9.17. The average Bonchev–Trinajstić information content (AvgIpc) is 3.42. The van der Waals surface area contributed by atoms with E-state index in [0.29, 0.717) is 22.6 Å². The van der Waals surface area contributed by atoms with E-state index in [4.69, 9.17) is 25.3 Å². The number of benzene rings is 2. The van der Waals surface area contributed by atoms with Crippen LogP contribution in [0.5, 0.6) is 0 Å². The fraction of sp³-hybridized carbons (Fsp3) is 0.150. The van der Waals surface area contributed by atoms with Gasteiger partial charge in [0, 0.05) is 22.6 Å². The molecule has 0 spiro atoms. The van der Waals surface area contributed by atoms with Gasteiger partial charge in [0.15, 0.2) is 6.61 Å². The molecule has 8 nitrogen and oxygen atoms in total. The molecule has 0 aliphatic carbocycles. The lowest BCUT2D eigenvalue weighted by atomic mass is 10.2. The second-order valence-corrected chi connectivity index (χ2v) is 6.48. The van der Waals surface area contributed by atoms with E-state index < -0.39 is 5.97 Å². The fourth-order valence-corrected chi connectivity index (χ4v) is 2.63. The highest BCUT2D eigenvalue weighted by molar-refractivity contribution is 6.30. The number of hydrogen-bond donors (Lipinski definition) is 0. The van der Waals surface area contributed by atoms with Crippen LogP contribution in [0.2, 0.25) is 5.02 Å². The molecule has 0 fully saturated rings. The highest BCUT2D eigenvalue weighted by Crippen LogP contribution is 2.20. The number of aryl methyl sites for hydroxylation is 1. The first-order valence-electron chi connectivity index (χ1n) is 8.79. The number of carbonyl (C=O) groups is 1. The zero-order valence-electron chi connectivity index (χ0n) is 15.1. The molecule has 0 amide bonds. The fourth-order valence-electron chi connectivity index (χ4n) is 2.51. The zero-order valence-corrected chi connectivity index (χ0v) is 15.9. The molecule has 0 saturated carbocycles. The van der Waals surface area contributed by atoms with Gasteiger partial charge in [-0.1, -0.05) is 47.1 Å². The molecule has 0 bridgehead atoms. The highest BCUT2D eigenvalue weighted by atomic mass is 35.5. The number of esters is 1. The largest absolute Gasteiger partial charge is 0.456 e. The number of carbonyl (C=O) groups excluding carboxylic acids is 1. The molecule has 0 saturated heterocycles. The number of hydrogen-bond acceptors (Lipinski definition) is 8. The van der Waals surface area contributed by atoms with Crippen LogP contribution >= 0.6 is 11.6 Å². The molecule has 0 aliphatic rings. The van der Waals surface area contributed by atoms with Gasteiger partial charge in [0.05, 0.1) is 6.42 Å². The Bertz CT molecular complexity index is 1090. The Morgan fingerprint density at radius 2 is 1.76 bits per heavy atom. The monoisotopic (exact) mass is 410 g/mol. The SMILES string of the molecule is O=C(CCc1nc(-c2ccccc2)no1)OCc1nnc(-c2ccc(Cl)cc2)o1. The van der Waals surface area contributed by atoms with E-state index in [0.717, 1.165) is 11.1 Å². The van der Waals surface area contributed by atoms with Gasteiger partial charge in [0.25, 0.3) is 5.89 Å². The summed E-state index contributed by atoms with van der Waals surface area (Å²) >= 11 is 5.86. The summed E-state index contributed by atoms with van der Waals surface area (Å²) in [4.78, 5) is 16.2. The number of rotatable bonds is 7. The van der Waals surface area contributed by atoms with Gasteiger partial charge in [-0.15, -0.1) is 10.2 Å². The standard InChI is InChI=1S/C20H15ClN4O4/c21-15-8-6-14(7-9-15)20-24-23-17(28-20)12-27-18(26)11-10-16-22-19(25-29-16)13-4-2-1-3-5-13/h1-9H,10-12H2. The Morgan fingerprint density at radius 1 is 0.966 bits per heavy atom. The van der Waals surface area contributed by atoms with Gasteiger partial charge in [-0.05, 0) is 24.3 Å². The van der Waals surface area contributed by atoms with E-state index in [-0.39, 0.29) is 25.3 Å². The Labute approximate surface area is 170 Å². The first-order chi connectivity index (χ1) is 14.2. The topological polar surface area (TPSA) is 104 Å². The minimum absolute atomic E-state index is 0.0919. The van der Waals surface area contributed by atoms with Crippen molar-refractivity contribution in [3.63, 3.8) is 0 Å². The van der Waals surface area contributed by atoms with Crippen LogP contribution in [-0.4, -0.2) is 26.3 Å². The minimum Gasteiger partial charge on any atom is -0.456 e. The third-order valence-corrected chi connectivity index (χ3v) is 4.21. The van der Waals surface area contributed by atoms with Crippen molar-refractivity contribution in [1.29, 1.82) is 0 Å². The van der Waals surface area contributed by atoms with Gasteiger partial charge >= 0.3 is 5.97 Å². The molecule has 0 N–H and O–H groups in total. The second-order valence-electron chi connectivity index (χ2n) is 6.05. The van der Waals surface area contributed by atoms with E-state index in [9.17, 15) is 4.79 Å². The van der Waals surface area contributed by atoms with Crippen LogP contribution in [0.3, 0.4) is 0 Å². The number of aromatic nitrogens is 4. The van der Waals surface area contributed by atoms with Crippen molar-refractivity contribution in [1.82, 2.24) is 20.3 Å². The molecular weight excluding hydrogens is 396 g/mol. The van der Waals surface area contributed by atoms with Crippen LogP contribution < -0.4 is 0 Å². The molecule has 9 heteroatoms. The molecule has 4 aromatic rings. The summed E-state index contributed by atoms with van der Waals surface area (Å²) in [5, 5.41) is 12.3. The zero-order chi connectivity index (χ0) is 20.1.